The summed E-state index contributed by atoms with van der Waals surface area (Å²) in [5.74, 6) is 1.44. The van der Waals surface area contributed by atoms with Crippen LogP contribution >= 0.6 is 0 Å². The van der Waals surface area contributed by atoms with Crippen LogP contribution in [0.4, 0.5) is 0 Å². The molecule has 0 amide bonds. The maximum atomic E-state index is 5.43. The zero-order chi connectivity index (χ0) is 15.5. The first-order valence-corrected chi connectivity index (χ1v) is 7.01. The number of pyridine rings is 1. The van der Waals surface area contributed by atoms with Crippen LogP contribution in [0, 0.1) is 13.8 Å². The van der Waals surface area contributed by atoms with E-state index in [0.717, 1.165) is 33.8 Å². The normalized spacial score (nSPS) is 10.7. The van der Waals surface area contributed by atoms with E-state index in [1.54, 1.807) is 7.11 Å². The predicted molar refractivity (Wildman–Crippen MR) is 82.7 cm³/mol. The summed E-state index contributed by atoms with van der Waals surface area (Å²) in [5.41, 5.74) is 5.26. The van der Waals surface area contributed by atoms with Crippen molar-refractivity contribution < 1.29 is 4.74 Å². The number of hydrogen-bond acceptors (Lipinski definition) is 5. The van der Waals surface area contributed by atoms with Crippen molar-refractivity contribution in [3.8, 4) is 16.9 Å². The summed E-state index contributed by atoms with van der Waals surface area (Å²) in [4.78, 5) is 4.53. The number of hydrogen-bond donors (Lipinski definition) is 1. The molecule has 2 aromatic heterocycles. The Labute approximate surface area is 128 Å². The Kier molecular flexibility index (Phi) is 3.82. The van der Waals surface area contributed by atoms with Gasteiger partial charge in [-0.05, 0) is 37.6 Å². The highest BCUT2D eigenvalue weighted by atomic mass is 16.5. The molecule has 0 unspecified atom stereocenters. The minimum Gasteiger partial charge on any atom is -0.496 e. The third-order valence-corrected chi connectivity index (χ3v) is 3.55. The largest absolute Gasteiger partial charge is 0.496 e. The van der Waals surface area contributed by atoms with Gasteiger partial charge in [-0.15, -0.1) is 10.2 Å². The SMILES string of the molecule is COc1ccc(-c2ccc(C)nc2C)cc1Cc1nn[nH]n1. The molecule has 0 spiro atoms. The van der Waals surface area contributed by atoms with Crippen molar-refractivity contribution >= 4 is 0 Å². The Morgan fingerprint density at radius 3 is 2.68 bits per heavy atom. The van der Waals surface area contributed by atoms with Crippen LogP contribution in [-0.2, 0) is 6.42 Å². The van der Waals surface area contributed by atoms with Crippen LogP contribution < -0.4 is 4.74 Å². The molecule has 112 valence electrons. The molecule has 0 saturated heterocycles. The standard InChI is InChI=1S/C16H17N5O/c1-10-4-6-14(11(2)17-10)12-5-7-15(22-3)13(8-12)9-16-18-20-21-19-16/h4-8H,9H2,1-3H3,(H,18,19,20,21). The number of methoxy groups -OCH3 is 1. The van der Waals surface area contributed by atoms with Crippen LogP contribution in [-0.4, -0.2) is 32.7 Å². The molecule has 22 heavy (non-hydrogen) atoms. The highest BCUT2D eigenvalue weighted by Crippen LogP contribution is 2.29. The number of aryl methyl sites for hydroxylation is 2. The average Bonchev–Trinajstić information content (AvgIpc) is 3.00. The molecule has 0 radical (unpaired) electrons. The van der Waals surface area contributed by atoms with Gasteiger partial charge in [-0.3, -0.25) is 4.98 Å². The van der Waals surface area contributed by atoms with E-state index >= 15 is 0 Å². The summed E-state index contributed by atoms with van der Waals surface area (Å²) in [6.45, 7) is 4.01. The first-order chi connectivity index (χ1) is 10.7. The van der Waals surface area contributed by atoms with E-state index in [-0.39, 0.29) is 0 Å². The summed E-state index contributed by atoms with van der Waals surface area (Å²) >= 11 is 0. The Hall–Kier alpha value is -2.76. The molecule has 6 heteroatoms. The van der Waals surface area contributed by atoms with E-state index in [9.17, 15) is 0 Å². The van der Waals surface area contributed by atoms with Crippen LogP contribution in [0.3, 0.4) is 0 Å². The Bertz CT molecular complexity index is 783. The number of nitrogens with one attached hydrogen (secondary N) is 1. The summed E-state index contributed by atoms with van der Waals surface area (Å²) < 4.78 is 5.43. The van der Waals surface area contributed by atoms with Crippen LogP contribution in [0.2, 0.25) is 0 Å². The number of benzene rings is 1. The van der Waals surface area contributed by atoms with Gasteiger partial charge in [0.25, 0.3) is 0 Å². The van der Waals surface area contributed by atoms with Gasteiger partial charge in [0, 0.05) is 28.9 Å². The maximum absolute atomic E-state index is 5.43. The number of H-pyrrole nitrogens is 1. The topological polar surface area (TPSA) is 76.6 Å². The fourth-order valence-electron chi connectivity index (χ4n) is 2.50. The second kappa shape index (κ2) is 5.93. The van der Waals surface area contributed by atoms with E-state index in [0.29, 0.717) is 12.2 Å². The molecule has 0 aliphatic rings. The second-order valence-corrected chi connectivity index (χ2v) is 5.12. The van der Waals surface area contributed by atoms with Crippen molar-refractivity contribution in [1.29, 1.82) is 0 Å². The Morgan fingerprint density at radius 1 is 1.14 bits per heavy atom. The molecule has 1 aromatic carbocycles. The average molecular weight is 295 g/mol. The molecule has 0 saturated carbocycles. The molecule has 0 atom stereocenters. The van der Waals surface area contributed by atoms with Gasteiger partial charge in [-0.2, -0.15) is 5.21 Å². The van der Waals surface area contributed by atoms with Crippen molar-refractivity contribution in [2.45, 2.75) is 20.3 Å². The van der Waals surface area contributed by atoms with Crippen LogP contribution in [0.5, 0.6) is 5.75 Å². The van der Waals surface area contributed by atoms with Crippen molar-refractivity contribution in [2.75, 3.05) is 7.11 Å². The van der Waals surface area contributed by atoms with Gasteiger partial charge in [-0.1, -0.05) is 17.3 Å². The lowest BCUT2D eigenvalue weighted by Crippen LogP contribution is -1.97. The lowest BCUT2D eigenvalue weighted by Gasteiger charge is -2.11. The third kappa shape index (κ3) is 2.81. The van der Waals surface area contributed by atoms with Gasteiger partial charge in [0.05, 0.1) is 7.11 Å². The number of nitrogens with zero attached hydrogens (tertiary/aromatic N) is 4. The first kappa shape index (κ1) is 14.2. The first-order valence-electron chi connectivity index (χ1n) is 7.01. The third-order valence-electron chi connectivity index (χ3n) is 3.55. The van der Waals surface area contributed by atoms with Gasteiger partial charge in [-0.25, -0.2) is 0 Å². The quantitative estimate of drug-likeness (QED) is 0.800. The zero-order valence-corrected chi connectivity index (χ0v) is 12.8. The fourth-order valence-corrected chi connectivity index (χ4v) is 2.50. The summed E-state index contributed by atoms with van der Waals surface area (Å²) in [7, 11) is 1.66. The monoisotopic (exact) mass is 295 g/mol. The van der Waals surface area contributed by atoms with Crippen LogP contribution in [0.15, 0.2) is 30.3 Å². The lowest BCUT2D eigenvalue weighted by molar-refractivity contribution is 0.410. The second-order valence-electron chi connectivity index (χ2n) is 5.12. The van der Waals surface area contributed by atoms with Crippen LogP contribution in [0.1, 0.15) is 22.8 Å². The summed E-state index contributed by atoms with van der Waals surface area (Å²) in [5, 5.41) is 14.1. The van der Waals surface area contributed by atoms with E-state index in [4.69, 9.17) is 4.74 Å². The predicted octanol–water partition coefficient (Wildman–Crippen LogP) is 2.48. The van der Waals surface area contributed by atoms with E-state index < -0.39 is 0 Å². The molecule has 0 aliphatic carbocycles. The molecule has 0 fully saturated rings. The Balaban J connectivity index is 2.02. The molecule has 2 heterocycles. The minimum absolute atomic E-state index is 0.561. The van der Waals surface area contributed by atoms with E-state index in [1.165, 1.54) is 0 Å². The van der Waals surface area contributed by atoms with Gasteiger partial charge < -0.3 is 4.74 Å². The van der Waals surface area contributed by atoms with Gasteiger partial charge in [0.15, 0.2) is 5.82 Å². The molecule has 1 N–H and O–H groups in total. The number of rotatable bonds is 4. The molecule has 3 rings (SSSR count). The highest BCUT2D eigenvalue weighted by molar-refractivity contribution is 5.68. The molecular formula is C16H17N5O. The molecule has 6 nitrogen and oxygen atoms in total. The molecular weight excluding hydrogens is 278 g/mol. The zero-order valence-electron chi connectivity index (χ0n) is 12.8. The molecule has 0 aliphatic heterocycles. The molecule has 3 aromatic rings. The highest BCUT2D eigenvalue weighted by Gasteiger charge is 2.11. The summed E-state index contributed by atoms with van der Waals surface area (Å²) in [6.07, 6.45) is 0.561. The van der Waals surface area contributed by atoms with Gasteiger partial charge >= 0.3 is 0 Å². The van der Waals surface area contributed by atoms with E-state index in [2.05, 4.69) is 37.7 Å². The number of aromatic nitrogens is 5. The number of tetrazole rings is 1. The van der Waals surface area contributed by atoms with Crippen molar-refractivity contribution in [1.82, 2.24) is 25.6 Å². The maximum Gasteiger partial charge on any atom is 0.179 e. The number of aromatic amines is 1. The van der Waals surface area contributed by atoms with Crippen molar-refractivity contribution in [3.05, 3.63) is 53.1 Å². The molecule has 0 bridgehead atoms. The van der Waals surface area contributed by atoms with Gasteiger partial charge in [0.1, 0.15) is 5.75 Å². The fraction of sp³-hybridized carbons (Fsp3) is 0.250. The van der Waals surface area contributed by atoms with E-state index in [1.807, 2.05) is 32.0 Å². The van der Waals surface area contributed by atoms with Gasteiger partial charge in [0.2, 0.25) is 0 Å². The van der Waals surface area contributed by atoms with Crippen molar-refractivity contribution in [3.63, 3.8) is 0 Å². The lowest BCUT2D eigenvalue weighted by atomic mass is 9.99. The smallest absolute Gasteiger partial charge is 0.179 e. The Morgan fingerprint density at radius 2 is 2.00 bits per heavy atom. The van der Waals surface area contributed by atoms with Crippen LogP contribution in [0.25, 0.3) is 11.1 Å². The van der Waals surface area contributed by atoms with Crippen molar-refractivity contribution in [2.24, 2.45) is 0 Å². The minimum atomic E-state index is 0.561. The number of ether oxygens (including phenoxy) is 1. The summed E-state index contributed by atoms with van der Waals surface area (Å²) in [6, 6.07) is 10.2.